The first-order chi connectivity index (χ1) is 17.7. The Kier molecular flexibility index (Phi) is 7.78. The van der Waals surface area contributed by atoms with Gasteiger partial charge in [-0.05, 0) is 42.5 Å². The Labute approximate surface area is 214 Å². The Morgan fingerprint density at radius 2 is 1.69 bits per heavy atom. The predicted octanol–water partition coefficient (Wildman–Crippen LogP) is 5.16. The van der Waals surface area contributed by atoms with Crippen LogP contribution in [-0.4, -0.2) is 44.9 Å². The summed E-state index contributed by atoms with van der Waals surface area (Å²) in [4.78, 5) is 22.5. The van der Waals surface area contributed by atoms with Gasteiger partial charge >= 0.3 is 0 Å². The number of aromatic nitrogens is 2. The molecule has 2 heterocycles. The third-order valence-electron chi connectivity index (χ3n) is 7.82. The third kappa shape index (κ3) is 5.68. The molecule has 1 saturated carbocycles. The molecule has 1 amide bonds. The first-order valence-corrected chi connectivity index (χ1v) is 13.3. The zero-order valence-corrected chi connectivity index (χ0v) is 20.9. The van der Waals surface area contributed by atoms with Gasteiger partial charge in [0.25, 0.3) is 0 Å². The molecule has 5 rings (SSSR count). The highest BCUT2D eigenvalue weighted by Crippen LogP contribution is 2.31. The third-order valence-corrected chi connectivity index (χ3v) is 7.82. The normalized spacial score (nSPS) is 19.5. The van der Waals surface area contributed by atoms with Crippen molar-refractivity contribution < 1.29 is 4.79 Å². The summed E-state index contributed by atoms with van der Waals surface area (Å²) in [5.74, 6) is 0.587. The van der Waals surface area contributed by atoms with Crippen molar-refractivity contribution in [3.05, 3.63) is 89.5 Å². The van der Waals surface area contributed by atoms with E-state index in [1.54, 1.807) is 0 Å². The molecule has 3 aromatic rings. The largest absolute Gasteiger partial charge is 0.341 e. The van der Waals surface area contributed by atoms with E-state index in [4.69, 9.17) is 5.26 Å². The molecule has 6 nitrogen and oxygen atoms in total. The second-order valence-corrected chi connectivity index (χ2v) is 10.2. The van der Waals surface area contributed by atoms with Gasteiger partial charge in [0.15, 0.2) is 0 Å². The minimum absolute atomic E-state index is 0.217. The quantitative estimate of drug-likeness (QED) is 0.488. The number of nitrogens with zero attached hydrogens (tertiary/aromatic N) is 5. The zero-order valence-electron chi connectivity index (χ0n) is 20.9. The van der Waals surface area contributed by atoms with E-state index in [0.717, 1.165) is 63.2 Å². The molecule has 1 aliphatic heterocycles. The van der Waals surface area contributed by atoms with Gasteiger partial charge in [-0.15, -0.1) is 0 Å². The molecule has 2 aliphatic rings. The summed E-state index contributed by atoms with van der Waals surface area (Å²) in [6.45, 7) is 3.94. The highest BCUT2D eigenvalue weighted by Gasteiger charge is 2.31. The van der Waals surface area contributed by atoms with Crippen LogP contribution in [0.4, 0.5) is 0 Å². The van der Waals surface area contributed by atoms with Crippen LogP contribution in [0.15, 0.2) is 67.1 Å². The second kappa shape index (κ2) is 11.5. The molecular weight excluding hydrogens is 446 g/mol. The molecule has 6 heteroatoms. The van der Waals surface area contributed by atoms with E-state index < -0.39 is 0 Å². The van der Waals surface area contributed by atoms with E-state index in [1.165, 1.54) is 24.8 Å². The van der Waals surface area contributed by atoms with Gasteiger partial charge in [-0.2, -0.15) is 5.26 Å². The van der Waals surface area contributed by atoms with Crippen LogP contribution in [0.5, 0.6) is 0 Å². The number of hydrogen-bond acceptors (Lipinski definition) is 4. The fourth-order valence-corrected chi connectivity index (χ4v) is 5.76. The van der Waals surface area contributed by atoms with Gasteiger partial charge in [-0.1, -0.05) is 61.7 Å². The van der Waals surface area contributed by atoms with E-state index in [2.05, 4.69) is 55.8 Å². The Morgan fingerprint density at radius 3 is 2.44 bits per heavy atom. The molecule has 1 atom stereocenters. The van der Waals surface area contributed by atoms with E-state index in [1.807, 2.05) is 36.8 Å². The summed E-state index contributed by atoms with van der Waals surface area (Å²) in [5.41, 5.74) is 4.29. The number of hydrogen-bond donors (Lipinski definition) is 0. The molecular formula is C30H35N5O. The van der Waals surface area contributed by atoms with Crippen LogP contribution in [0.25, 0.3) is 0 Å². The lowest BCUT2D eigenvalue weighted by Gasteiger charge is -2.30. The Balaban J connectivity index is 1.33. The fraction of sp³-hybridized carbons (Fsp3) is 0.433. The Morgan fingerprint density at radius 1 is 0.917 bits per heavy atom. The molecule has 1 unspecified atom stereocenters. The van der Waals surface area contributed by atoms with E-state index in [9.17, 15) is 4.79 Å². The van der Waals surface area contributed by atoms with Gasteiger partial charge in [0.05, 0.1) is 23.7 Å². The summed E-state index contributed by atoms with van der Waals surface area (Å²) in [7, 11) is 0. The SMILES string of the molecule is N#Cc1ccc(Cn2cncc2CN2CCN(C(=O)C3CCCCC3)CCC2c2ccccc2)cc1. The van der Waals surface area contributed by atoms with Crippen molar-refractivity contribution in [2.45, 2.75) is 57.7 Å². The van der Waals surface area contributed by atoms with Crippen molar-refractivity contribution in [3.8, 4) is 6.07 Å². The maximum absolute atomic E-state index is 13.3. The van der Waals surface area contributed by atoms with Gasteiger partial charge in [0, 0.05) is 50.9 Å². The van der Waals surface area contributed by atoms with Crippen LogP contribution in [0.1, 0.15) is 67.0 Å². The van der Waals surface area contributed by atoms with Crippen molar-refractivity contribution in [3.63, 3.8) is 0 Å². The van der Waals surface area contributed by atoms with Crippen LogP contribution >= 0.6 is 0 Å². The molecule has 1 aromatic heterocycles. The van der Waals surface area contributed by atoms with Gasteiger partial charge < -0.3 is 9.47 Å². The summed E-state index contributed by atoms with van der Waals surface area (Å²) in [6, 6.07) is 20.9. The van der Waals surface area contributed by atoms with E-state index >= 15 is 0 Å². The Hall–Kier alpha value is -3.43. The van der Waals surface area contributed by atoms with Crippen LogP contribution in [-0.2, 0) is 17.9 Å². The summed E-state index contributed by atoms with van der Waals surface area (Å²) < 4.78 is 2.19. The van der Waals surface area contributed by atoms with Gasteiger partial charge in [-0.3, -0.25) is 9.69 Å². The highest BCUT2D eigenvalue weighted by molar-refractivity contribution is 5.79. The van der Waals surface area contributed by atoms with Crippen LogP contribution < -0.4 is 0 Å². The molecule has 0 N–H and O–H groups in total. The average Bonchev–Trinajstić information content (AvgIpc) is 3.25. The van der Waals surface area contributed by atoms with Crippen molar-refractivity contribution >= 4 is 5.91 Å². The number of rotatable bonds is 6. The maximum atomic E-state index is 13.3. The lowest BCUT2D eigenvalue weighted by atomic mass is 9.88. The number of carbonyl (C=O) groups is 1. The number of carbonyl (C=O) groups excluding carboxylic acids is 1. The molecule has 36 heavy (non-hydrogen) atoms. The topological polar surface area (TPSA) is 65.2 Å². The molecule has 0 radical (unpaired) electrons. The average molecular weight is 482 g/mol. The van der Waals surface area contributed by atoms with E-state index in [0.29, 0.717) is 11.5 Å². The summed E-state index contributed by atoms with van der Waals surface area (Å²) in [5, 5.41) is 9.09. The second-order valence-electron chi connectivity index (χ2n) is 10.2. The first-order valence-electron chi connectivity index (χ1n) is 13.3. The smallest absolute Gasteiger partial charge is 0.225 e. The minimum atomic E-state index is 0.217. The van der Waals surface area contributed by atoms with Crippen LogP contribution in [0.2, 0.25) is 0 Å². The molecule has 186 valence electrons. The maximum Gasteiger partial charge on any atom is 0.225 e. The van der Waals surface area contributed by atoms with Crippen molar-refractivity contribution in [1.82, 2.24) is 19.4 Å². The van der Waals surface area contributed by atoms with Crippen molar-refractivity contribution in [1.29, 1.82) is 5.26 Å². The molecule has 1 saturated heterocycles. The molecule has 2 aromatic carbocycles. The minimum Gasteiger partial charge on any atom is -0.341 e. The lowest BCUT2D eigenvalue weighted by molar-refractivity contribution is -0.136. The molecule has 2 fully saturated rings. The fourth-order valence-electron chi connectivity index (χ4n) is 5.76. The van der Waals surface area contributed by atoms with Gasteiger partial charge in [0.1, 0.15) is 0 Å². The Bertz CT molecular complexity index is 1170. The summed E-state index contributed by atoms with van der Waals surface area (Å²) in [6.07, 6.45) is 10.5. The lowest BCUT2D eigenvalue weighted by Crippen LogP contribution is -2.39. The highest BCUT2D eigenvalue weighted by atomic mass is 16.2. The number of nitriles is 1. The number of imidazole rings is 1. The van der Waals surface area contributed by atoms with Crippen LogP contribution in [0.3, 0.4) is 0 Å². The van der Waals surface area contributed by atoms with E-state index in [-0.39, 0.29) is 12.0 Å². The van der Waals surface area contributed by atoms with Gasteiger partial charge in [-0.25, -0.2) is 4.98 Å². The van der Waals surface area contributed by atoms with Crippen molar-refractivity contribution in [2.24, 2.45) is 5.92 Å². The van der Waals surface area contributed by atoms with Crippen molar-refractivity contribution in [2.75, 3.05) is 19.6 Å². The standard InChI is InChI=1S/C30H35N5O/c31-19-24-11-13-25(14-12-24)21-35-23-32-20-28(35)22-34-18-17-33(30(36)27-9-5-2-6-10-27)16-15-29(34)26-7-3-1-4-8-26/h1,3-4,7-8,11-14,20,23,27,29H,2,5-6,9-10,15-18,21-22H2. The summed E-state index contributed by atoms with van der Waals surface area (Å²) >= 11 is 0. The monoisotopic (exact) mass is 481 g/mol. The zero-order chi connectivity index (χ0) is 24.7. The molecule has 0 bridgehead atoms. The first kappa shape index (κ1) is 24.3. The predicted molar refractivity (Wildman–Crippen MR) is 140 cm³/mol. The van der Waals surface area contributed by atoms with Gasteiger partial charge in [0.2, 0.25) is 5.91 Å². The number of benzene rings is 2. The number of amides is 1. The molecule has 1 aliphatic carbocycles. The van der Waals surface area contributed by atoms with Crippen LogP contribution in [0, 0.1) is 17.2 Å². The molecule has 0 spiro atoms.